The van der Waals surface area contributed by atoms with Crippen LogP contribution in [0.15, 0.2) is 47.4 Å². The van der Waals surface area contributed by atoms with Gasteiger partial charge in [0.05, 0.1) is 47.6 Å². The van der Waals surface area contributed by atoms with E-state index in [-0.39, 0.29) is 34.5 Å². The van der Waals surface area contributed by atoms with Gasteiger partial charge in [0.1, 0.15) is 5.69 Å². The van der Waals surface area contributed by atoms with Crippen molar-refractivity contribution in [3.63, 3.8) is 0 Å². The van der Waals surface area contributed by atoms with Gasteiger partial charge in [0.25, 0.3) is 11.6 Å². The normalized spacial score (nSPS) is 18.7. The molecule has 6 rings (SSSR count). The Hall–Kier alpha value is -4.04. The molecular formula is C31H35N5O7S. The van der Waals surface area contributed by atoms with E-state index >= 15 is 0 Å². The molecule has 4 heterocycles. The van der Waals surface area contributed by atoms with Crippen LogP contribution in [0.4, 0.5) is 17.1 Å². The van der Waals surface area contributed by atoms with Crippen LogP contribution in [0, 0.1) is 24.0 Å². The summed E-state index contributed by atoms with van der Waals surface area (Å²) in [4.78, 5) is 29.1. The highest BCUT2D eigenvalue weighted by Gasteiger charge is 2.35. The number of benzene rings is 2. The first-order chi connectivity index (χ1) is 21.1. The molecule has 2 aromatic carbocycles. The van der Waals surface area contributed by atoms with Crippen molar-refractivity contribution < 1.29 is 27.6 Å². The second-order valence-corrected chi connectivity index (χ2v) is 12.9. The summed E-state index contributed by atoms with van der Waals surface area (Å²) in [7, 11) is -3.76. The lowest BCUT2D eigenvalue weighted by Gasteiger charge is -2.28. The highest BCUT2D eigenvalue weighted by Crippen LogP contribution is 2.40. The number of aryl methyl sites for hydroxylation is 1. The molecule has 3 aliphatic heterocycles. The van der Waals surface area contributed by atoms with Crippen molar-refractivity contribution in [1.29, 1.82) is 0 Å². The zero-order valence-corrected chi connectivity index (χ0v) is 25.8. The number of sulfonamides is 1. The molecule has 0 spiro atoms. The van der Waals surface area contributed by atoms with E-state index in [1.54, 1.807) is 41.3 Å². The number of likely N-dealkylation sites (N-methyl/N-ethyl adjacent to an activating group) is 1. The van der Waals surface area contributed by atoms with Gasteiger partial charge in [-0.25, -0.2) is 8.42 Å². The van der Waals surface area contributed by atoms with Gasteiger partial charge >= 0.3 is 0 Å². The number of amides is 1. The minimum atomic E-state index is -3.76. The largest absolute Gasteiger partial charge is 0.379 e. The van der Waals surface area contributed by atoms with Crippen molar-refractivity contribution in [2.24, 2.45) is 0 Å². The molecule has 3 aromatic rings. The Morgan fingerprint density at radius 2 is 1.59 bits per heavy atom. The van der Waals surface area contributed by atoms with Crippen molar-refractivity contribution in [2.45, 2.75) is 25.7 Å². The third kappa shape index (κ3) is 5.19. The third-order valence-electron chi connectivity index (χ3n) is 8.48. The van der Waals surface area contributed by atoms with E-state index in [9.17, 15) is 23.3 Å². The number of hydrogen-bond acceptors (Lipinski definition) is 8. The predicted molar refractivity (Wildman–Crippen MR) is 167 cm³/mol. The van der Waals surface area contributed by atoms with E-state index in [1.165, 1.54) is 4.31 Å². The zero-order valence-electron chi connectivity index (χ0n) is 25.0. The topological polar surface area (TPSA) is 127 Å². The van der Waals surface area contributed by atoms with Gasteiger partial charge in [-0.05, 0) is 68.8 Å². The molecule has 2 fully saturated rings. The van der Waals surface area contributed by atoms with Crippen LogP contribution in [0.2, 0.25) is 0 Å². The Kier molecular flexibility index (Phi) is 8.05. The van der Waals surface area contributed by atoms with Crippen LogP contribution in [0.3, 0.4) is 0 Å². The molecule has 13 heteroatoms. The summed E-state index contributed by atoms with van der Waals surface area (Å²) in [6.45, 7) is 9.55. The molecule has 0 radical (unpaired) electrons. The first kappa shape index (κ1) is 30.0. The summed E-state index contributed by atoms with van der Waals surface area (Å²) in [6, 6.07) is 12.0. The van der Waals surface area contributed by atoms with Gasteiger partial charge in [0, 0.05) is 61.3 Å². The van der Waals surface area contributed by atoms with Gasteiger partial charge in [-0.2, -0.15) is 4.31 Å². The molecule has 1 amide bonds. The van der Waals surface area contributed by atoms with Crippen LogP contribution in [-0.2, 0) is 24.3 Å². The molecule has 12 nitrogen and oxygen atoms in total. The molecule has 1 aromatic heterocycles. The number of carbonyl (C=O) groups excluding carboxylic acids is 1. The molecule has 0 aliphatic carbocycles. The Morgan fingerprint density at radius 3 is 2.25 bits per heavy atom. The minimum Gasteiger partial charge on any atom is -0.379 e. The molecular weight excluding hydrogens is 586 g/mol. The third-order valence-corrected chi connectivity index (χ3v) is 10.4. The smallest absolute Gasteiger partial charge is 0.294 e. The number of hydrogen-bond donors (Lipinski definition) is 0. The summed E-state index contributed by atoms with van der Waals surface area (Å²) in [5.74, 6) is -0.210. The van der Waals surface area contributed by atoms with Crippen molar-refractivity contribution >= 4 is 44.6 Å². The Balaban J connectivity index is 1.40. The summed E-state index contributed by atoms with van der Waals surface area (Å²) in [6.07, 6.45) is 1.79. The Labute approximate surface area is 256 Å². The number of rotatable bonds is 7. The first-order valence-corrected chi connectivity index (χ1v) is 16.1. The summed E-state index contributed by atoms with van der Waals surface area (Å²) in [5, 5.41) is 12.1. The van der Waals surface area contributed by atoms with Gasteiger partial charge in [0.15, 0.2) is 0 Å². The monoisotopic (exact) mass is 621 g/mol. The number of fused-ring (bicyclic) bond motifs is 1. The summed E-state index contributed by atoms with van der Waals surface area (Å²) in [5.41, 5.74) is 5.22. The van der Waals surface area contributed by atoms with Crippen molar-refractivity contribution in [2.75, 3.05) is 69.0 Å². The molecule has 44 heavy (non-hydrogen) atoms. The minimum absolute atomic E-state index is 0.0179. The fourth-order valence-corrected chi connectivity index (χ4v) is 7.68. The zero-order chi connectivity index (χ0) is 31.2. The lowest BCUT2D eigenvalue weighted by atomic mass is 10.0. The van der Waals surface area contributed by atoms with E-state index in [2.05, 4.69) is 0 Å². The van der Waals surface area contributed by atoms with E-state index in [1.807, 2.05) is 42.4 Å². The summed E-state index contributed by atoms with van der Waals surface area (Å²) >= 11 is 0. The second-order valence-electron chi connectivity index (χ2n) is 11.0. The molecule has 2 saturated heterocycles. The van der Waals surface area contributed by atoms with Crippen LogP contribution in [0.5, 0.6) is 0 Å². The molecule has 0 saturated carbocycles. The predicted octanol–water partition coefficient (Wildman–Crippen LogP) is 3.77. The molecule has 0 atom stereocenters. The lowest BCUT2D eigenvalue weighted by molar-refractivity contribution is -0.384. The summed E-state index contributed by atoms with van der Waals surface area (Å²) < 4.78 is 41.0. The maximum absolute atomic E-state index is 13.6. The van der Waals surface area contributed by atoms with E-state index in [4.69, 9.17) is 9.47 Å². The van der Waals surface area contributed by atoms with E-state index in [0.29, 0.717) is 74.3 Å². The second kappa shape index (κ2) is 11.8. The Morgan fingerprint density at radius 1 is 0.932 bits per heavy atom. The number of nitro groups is 1. The van der Waals surface area contributed by atoms with Gasteiger partial charge in [-0.3, -0.25) is 14.9 Å². The SMILES string of the molecule is CCN1C(=O)C(=Cc2cc(C)n(-c3ccc(N4CCOCC4)c([N+](=O)[O-])c3)c2C)c2cc(S(=O)(=O)N3CCOCC3)ccc21. The number of carbonyl (C=O) groups is 1. The molecule has 0 N–H and O–H groups in total. The molecule has 0 bridgehead atoms. The maximum Gasteiger partial charge on any atom is 0.294 e. The first-order valence-electron chi connectivity index (χ1n) is 14.7. The van der Waals surface area contributed by atoms with Crippen LogP contribution in [-0.4, -0.2) is 87.3 Å². The van der Waals surface area contributed by atoms with Crippen LogP contribution in [0.1, 0.15) is 29.4 Å². The van der Waals surface area contributed by atoms with Gasteiger partial charge < -0.3 is 23.8 Å². The number of nitro benzene ring substituents is 1. The van der Waals surface area contributed by atoms with Crippen LogP contribution in [0.25, 0.3) is 17.3 Å². The number of aromatic nitrogens is 1. The van der Waals surface area contributed by atoms with Crippen LogP contribution >= 0.6 is 0 Å². The quantitative estimate of drug-likeness (QED) is 0.222. The average Bonchev–Trinajstić information content (AvgIpc) is 3.47. The average molecular weight is 622 g/mol. The van der Waals surface area contributed by atoms with Crippen molar-refractivity contribution in [3.8, 4) is 5.69 Å². The number of anilines is 2. The van der Waals surface area contributed by atoms with Gasteiger partial charge in [0.2, 0.25) is 10.0 Å². The standard InChI is InChI=1S/C31H35N5O7S/c1-4-34-28-8-6-25(44(40,41)33-11-15-43-16-12-33)20-26(28)27(31(34)37)18-23-17-21(2)35(22(23)3)24-5-7-29(30(19-24)36(38)39)32-9-13-42-14-10-32/h5-8,17-20H,4,9-16H2,1-3H3. The molecule has 232 valence electrons. The maximum atomic E-state index is 13.6. The molecule has 0 unspecified atom stereocenters. The molecule has 3 aliphatic rings. The highest BCUT2D eigenvalue weighted by atomic mass is 32.2. The van der Waals surface area contributed by atoms with Crippen molar-refractivity contribution in [1.82, 2.24) is 8.87 Å². The lowest BCUT2D eigenvalue weighted by Crippen LogP contribution is -2.40. The number of morpholine rings is 2. The van der Waals surface area contributed by atoms with Crippen LogP contribution < -0.4 is 9.80 Å². The van der Waals surface area contributed by atoms with E-state index < -0.39 is 10.0 Å². The van der Waals surface area contributed by atoms with E-state index in [0.717, 1.165) is 17.0 Å². The number of nitrogens with zero attached hydrogens (tertiary/aromatic N) is 5. The van der Waals surface area contributed by atoms with Crippen molar-refractivity contribution in [3.05, 3.63) is 75.1 Å². The fourth-order valence-electron chi connectivity index (χ4n) is 6.24. The fraction of sp³-hybridized carbons (Fsp3) is 0.387. The van der Waals surface area contributed by atoms with Gasteiger partial charge in [-0.15, -0.1) is 0 Å². The number of ether oxygens (including phenoxy) is 2. The van der Waals surface area contributed by atoms with Gasteiger partial charge in [-0.1, -0.05) is 0 Å². The Bertz CT molecular complexity index is 1770. The highest BCUT2D eigenvalue weighted by molar-refractivity contribution is 7.89.